The molecule has 0 saturated carbocycles. The molecule has 4 heteroatoms. The lowest BCUT2D eigenvalue weighted by Gasteiger charge is -2.10. The molecule has 0 amide bonds. The number of hydrogen-bond acceptors (Lipinski definition) is 3. The lowest BCUT2D eigenvalue weighted by Crippen LogP contribution is -2.05. The van der Waals surface area contributed by atoms with Crippen LogP contribution in [0.5, 0.6) is 11.5 Å². The first-order chi connectivity index (χ1) is 10.2. The topological polar surface area (TPSA) is 42.2 Å². The molecule has 0 saturated heterocycles. The van der Waals surface area contributed by atoms with Gasteiger partial charge in [-0.05, 0) is 48.9 Å². The van der Waals surface area contributed by atoms with Crippen molar-refractivity contribution in [2.45, 2.75) is 13.3 Å². The van der Waals surface area contributed by atoms with Crippen LogP contribution in [0, 0.1) is 18.3 Å². The maximum atomic E-state index is 8.71. The van der Waals surface area contributed by atoms with E-state index in [0.717, 1.165) is 23.5 Å². The van der Waals surface area contributed by atoms with Crippen LogP contribution in [-0.2, 0) is 0 Å². The summed E-state index contributed by atoms with van der Waals surface area (Å²) in [6.45, 7) is 3.11. The van der Waals surface area contributed by atoms with Crippen LogP contribution >= 0.6 is 11.6 Å². The standard InChI is InChI=1S/C17H16ClNO2/c1-13-3-6-15(18)11-17(13)21-10-2-9-20-16-7-4-14(12-19)5-8-16/h3-8,11H,2,9-10H2,1H3. The number of ether oxygens (including phenoxy) is 2. The van der Waals surface area contributed by atoms with Crippen LogP contribution in [0.15, 0.2) is 42.5 Å². The Morgan fingerprint density at radius 3 is 2.48 bits per heavy atom. The van der Waals surface area contributed by atoms with Crippen LogP contribution in [0.4, 0.5) is 0 Å². The molecule has 0 bridgehead atoms. The predicted octanol–water partition coefficient (Wildman–Crippen LogP) is 4.37. The summed E-state index contributed by atoms with van der Waals surface area (Å²) in [5, 5.41) is 9.38. The largest absolute Gasteiger partial charge is 0.493 e. The minimum Gasteiger partial charge on any atom is -0.493 e. The second-order valence-electron chi connectivity index (χ2n) is 4.60. The molecule has 0 atom stereocenters. The van der Waals surface area contributed by atoms with Crippen LogP contribution in [0.1, 0.15) is 17.5 Å². The van der Waals surface area contributed by atoms with Crippen molar-refractivity contribution >= 4 is 11.6 Å². The van der Waals surface area contributed by atoms with Crippen LogP contribution in [-0.4, -0.2) is 13.2 Å². The molecule has 2 aromatic rings. The molecule has 0 unspecified atom stereocenters. The molecule has 2 rings (SSSR count). The minimum absolute atomic E-state index is 0.561. The van der Waals surface area contributed by atoms with Gasteiger partial charge in [-0.2, -0.15) is 5.26 Å². The molecule has 0 spiro atoms. The third-order valence-electron chi connectivity index (χ3n) is 2.95. The van der Waals surface area contributed by atoms with E-state index in [1.807, 2.05) is 25.1 Å². The molecule has 0 heterocycles. The number of rotatable bonds is 6. The average Bonchev–Trinajstić information content (AvgIpc) is 2.51. The van der Waals surface area contributed by atoms with Crippen LogP contribution < -0.4 is 9.47 Å². The van der Waals surface area contributed by atoms with Crippen molar-refractivity contribution in [2.24, 2.45) is 0 Å². The van der Waals surface area contributed by atoms with Crippen LogP contribution in [0.3, 0.4) is 0 Å². The highest BCUT2D eigenvalue weighted by atomic mass is 35.5. The number of aryl methyl sites for hydroxylation is 1. The lowest BCUT2D eigenvalue weighted by molar-refractivity contribution is 0.246. The van der Waals surface area contributed by atoms with E-state index in [9.17, 15) is 0 Å². The van der Waals surface area contributed by atoms with E-state index in [1.165, 1.54) is 0 Å². The fourth-order valence-corrected chi connectivity index (χ4v) is 1.95. The molecule has 0 fully saturated rings. The normalized spacial score (nSPS) is 9.95. The third-order valence-corrected chi connectivity index (χ3v) is 3.18. The third kappa shape index (κ3) is 4.70. The number of nitriles is 1. The van der Waals surface area contributed by atoms with Crippen molar-refractivity contribution in [3.05, 3.63) is 58.6 Å². The van der Waals surface area contributed by atoms with Crippen LogP contribution in [0.25, 0.3) is 0 Å². The number of halogens is 1. The van der Waals surface area contributed by atoms with Gasteiger partial charge in [0, 0.05) is 11.4 Å². The SMILES string of the molecule is Cc1ccc(Cl)cc1OCCCOc1ccc(C#N)cc1. The van der Waals surface area contributed by atoms with E-state index in [-0.39, 0.29) is 0 Å². The van der Waals surface area contributed by atoms with Crippen molar-refractivity contribution in [3.63, 3.8) is 0 Å². The lowest BCUT2D eigenvalue weighted by atomic mass is 10.2. The van der Waals surface area contributed by atoms with Gasteiger partial charge in [-0.1, -0.05) is 17.7 Å². The summed E-state index contributed by atoms with van der Waals surface area (Å²) in [6.07, 6.45) is 0.770. The van der Waals surface area contributed by atoms with E-state index in [4.69, 9.17) is 26.3 Å². The number of nitrogens with zero attached hydrogens (tertiary/aromatic N) is 1. The van der Waals surface area contributed by atoms with Gasteiger partial charge >= 0.3 is 0 Å². The highest BCUT2D eigenvalue weighted by Crippen LogP contribution is 2.22. The summed E-state index contributed by atoms with van der Waals surface area (Å²) in [7, 11) is 0. The smallest absolute Gasteiger partial charge is 0.123 e. The molecule has 3 nitrogen and oxygen atoms in total. The van der Waals surface area contributed by atoms with Gasteiger partial charge in [0.05, 0.1) is 24.8 Å². The molecular formula is C17H16ClNO2. The van der Waals surface area contributed by atoms with Gasteiger partial charge in [0.25, 0.3) is 0 Å². The van der Waals surface area contributed by atoms with Crippen molar-refractivity contribution in [3.8, 4) is 17.6 Å². The first-order valence-electron chi connectivity index (χ1n) is 6.71. The zero-order valence-corrected chi connectivity index (χ0v) is 12.6. The van der Waals surface area contributed by atoms with Crippen molar-refractivity contribution in [2.75, 3.05) is 13.2 Å². The summed E-state index contributed by atoms with van der Waals surface area (Å²) in [4.78, 5) is 0. The van der Waals surface area contributed by atoms with E-state index < -0.39 is 0 Å². The van der Waals surface area contributed by atoms with Gasteiger partial charge in [-0.15, -0.1) is 0 Å². The van der Waals surface area contributed by atoms with Crippen LogP contribution in [0.2, 0.25) is 5.02 Å². The highest BCUT2D eigenvalue weighted by Gasteiger charge is 2.01. The molecular weight excluding hydrogens is 286 g/mol. The molecule has 0 aliphatic carbocycles. The molecule has 0 aromatic heterocycles. The van der Waals surface area contributed by atoms with Crippen molar-refractivity contribution in [1.29, 1.82) is 5.26 Å². The van der Waals surface area contributed by atoms with Gasteiger partial charge in [0.1, 0.15) is 11.5 Å². The summed E-state index contributed by atoms with van der Waals surface area (Å²) < 4.78 is 11.3. The van der Waals surface area contributed by atoms with E-state index in [1.54, 1.807) is 24.3 Å². The van der Waals surface area contributed by atoms with Crippen molar-refractivity contribution in [1.82, 2.24) is 0 Å². The molecule has 2 aromatic carbocycles. The Labute approximate surface area is 129 Å². The Morgan fingerprint density at radius 1 is 1.05 bits per heavy atom. The summed E-state index contributed by atoms with van der Waals surface area (Å²) in [5.74, 6) is 1.56. The van der Waals surface area contributed by atoms with Gasteiger partial charge in [-0.25, -0.2) is 0 Å². The monoisotopic (exact) mass is 301 g/mol. The van der Waals surface area contributed by atoms with E-state index in [0.29, 0.717) is 23.8 Å². The predicted molar refractivity (Wildman–Crippen MR) is 83.0 cm³/mol. The molecule has 0 N–H and O–H groups in total. The Hall–Kier alpha value is -2.18. The van der Waals surface area contributed by atoms with Gasteiger partial charge in [0.15, 0.2) is 0 Å². The Morgan fingerprint density at radius 2 is 1.76 bits per heavy atom. The Kier molecular flexibility index (Phi) is 5.48. The second-order valence-corrected chi connectivity index (χ2v) is 5.03. The van der Waals surface area contributed by atoms with E-state index in [2.05, 4.69) is 6.07 Å². The molecule has 0 radical (unpaired) electrons. The van der Waals surface area contributed by atoms with Crippen molar-refractivity contribution < 1.29 is 9.47 Å². The summed E-state index contributed by atoms with van der Waals surface area (Å²) in [6, 6.07) is 14.7. The number of benzene rings is 2. The fourth-order valence-electron chi connectivity index (χ4n) is 1.79. The molecule has 0 aliphatic rings. The Bertz CT molecular complexity index is 632. The highest BCUT2D eigenvalue weighted by molar-refractivity contribution is 6.30. The zero-order valence-electron chi connectivity index (χ0n) is 11.8. The molecule has 0 aliphatic heterocycles. The second kappa shape index (κ2) is 7.56. The fraction of sp³-hybridized carbons (Fsp3) is 0.235. The maximum Gasteiger partial charge on any atom is 0.123 e. The first kappa shape index (κ1) is 15.2. The average molecular weight is 302 g/mol. The van der Waals surface area contributed by atoms with Gasteiger partial charge < -0.3 is 9.47 Å². The molecule has 21 heavy (non-hydrogen) atoms. The van der Waals surface area contributed by atoms with Gasteiger partial charge in [-0.3, -0.25) is 0 Å². The first-order valence-corrected chi connectivity index (χ1v) is 7.09. The van der Waals surface area contributed by atoms with Gasteiger partial charge in [0.2, 0.25) is 0 Å². The quantitative estimate of drug-likeness (QED) is 0.744. The Balaban J connectivity index is 1.72. The maximum absolute atomic E-state index is 8.71. The summed E-state index contributed by atoms with van der Waals surface area (Å²) in [5.41, 5.74) is 1.69. The minimum atomic E-state index is 0.561. The number of hydrogen-bond donors (Lipinski definition) is 0. The van der Waals surface area contributed by atoms with E-state index >= 15 is 0 Å². The zero-order chi connectivity index (χ0) is 15.1. The summed E-state index contributed by atoms with van der Waals surface area (Å²) >= 11 is 5.93. The molecule has 108 valence electrons.